The molecule has 188 valence electrons. The highest BCUT2D eigenvalue weighted by atomic mass is 19.4. The molecule has 1 fully saturated rings. The molecule has 35 heavy (non-hydrogen) atoms. The number of carbonyl (C=O) groups excluding carboxylic acids is 1. The summed E-state index contributed by atoms with van der Waals surface area (Å²) < 4.78 is 60.8. The Kier molecular flexibility index (Phi) is 7.82. The number of carboxylic acid groups (broad SMARTS) is 1. The third kappa shape index (κ3) is 5.80. The quantitative estimate of drug-likeness (QED) is 0.434. The van der Waals surface area contributed by atoms with Crippen LogP contribution in [0.1, 0.15) is 67.4 Å². The van der Waals surface area contributed by atoms with E-state index in [1.165, 1.54) is 4.90 Å². The molecule has 0 unspecified atom stereocenters. The Bertz CT molecular complexity index is 1130. The van der Waals surface area contributed by atoms with Gasteiger partial charge in [-0.2, -0.15) is 13.2 Å². The molecule has 3 rings (SSSR count). The molecule has 1 aromatic carbocycles. The number of halogens is 4. The predicted molar refractivity (Wildman–Crippen MR) is 122 cm³/mol. The fourth-order valence-corrected chi connectivity index (χ4v) is 4.16. The largest absolute Gasteiger partial charge is 0.478 e. The number of ether oxygens (including phenoxy) is 1. The van der Waals surface area contributed by atoms with E-state index in [9.17, 15) is 27.9 Å². The van der Waals surface area contributed by atoms with E-state index >= 15 is 4.39 Å². The fraction of sp³-hybridized carbons (Fsp3) is 0.400. The molecule has 1 aliphatic carbocycles. The van der Waals surface area contributed by atoms with Gasteiger partial charge >= 0.3 is 12.1 Å². The van der Waals surface area contributed by atoms with Gasteiger partial charge in [-0.1, -0.05) is 31.9 Å². The molecule has 0 spiro atoms. The standard InChI is InChI=1S/C25H26F4N2O4/c1-4-15-10-18(25(27,28)29)22(30-13-15)35-21-11-17(24(33)34)20(12-19(21)26)31(14(2)3)23(32)16-8-6-5-7-9-16/h4,10-14,16H,1,5-9H2,2-3H3,(H,33,34). The maximum Gasteiger partial charge on any atom is 0.421 e. The van der Waals surface area contributed by atoms with Crippen molar-refractivity contribution in [1.29, 1.82) is 0 Å². The first kappa shape index (κ1) is 26.2. The van der Waals surface area contributed by atoms with Gasteiger partial charge in [-0.25, -0.2) is 14.2 Å². The van der Waals surface area contributed by atoms with E-state index < -0.39 is 46.8 Å². The van der Waals surface area contributed by atoms with E-state index in [-0.39, 0.29) is 23.1 Å². The van der Waals surface area contributed by atoms with Gasteiger partial charge in [-0.3, -0.25) is 4.79 Å². The van der Waals surface area contributed by atoms with Gasteiger partial charge in [-0.15, -0.1) is 0 Å². The average Bonchev–Trinajstić information content (AvgIpc) is 2.80. The Morgan fingerprint density at radius 2 is 1.86 bits per heavy atom. The normalized spacial score (nSPS) is 14.6. The van der Waals surface area contributed by atoms with Crippen LogP contribution in [-0.4, -0.2) is 28.0 Å². The number of alkyl halides is 3. The summed E-state index contributed by atoms with van der Waals surface area (Å²) in [5, 5.41) is 9.80. The Balaban J connectivity index is 2.06. The zero-order chi connectivity index (χ0) is 25.9. The van der Waals surface area contributed by atoms with Crippen molar-refractivity contribution in [2.45, 2.75) is 58.2 Å². The molecule has 1 N–H and O–H groups in total. The number of pyridine rings is 1. The van der Waals surface area contributed by atoms with Crippen molar-refractivity contribution in [3.8, 4) is 11.6 Å². The van der Waals surface area contributed by atoms with E-state index in [1.54, 1.807) is 13.8 Å². The van der Waals surface area contributed by atoms with Crippen LogP contribution in [0.15, 0.2) is 31.0 Å². The molecule has 10 heteroatoms. The minimum absolute atomic E-state index is 0.0699. The van der Waals surface area contributed by atoms with Gasteiger partial charge in [0.25, 0.3) is 0 Å². The van der Waals surface area contributed by atoms with Crippen molar-refractivity contribution in [3.63, 3.8) is 0 Å². The summed E-state index contributed by atoms with van der Waals surface area (Å²) in [5.74, 6) is -4.94. The third-order valence-corrected chi connectivity index (χ3v) is 5.87. The molecule has 0 saturated heterocycles. The number of hydrogen-bond donors (Lipinski definition) is 1. The number of nitrogens with zero attached hydrogens (tertiary/aromatic N) is 2. The summed E-state index contributed by atoms with van der Waals surface area (Å²) >= 11 is 0. The van der Waals surface area contributed by atoms with Crippen LogP contribution in [0.5, 0.6) is 11.6 Å². The number of hydrogen-bond acceptors (Lipinski definition) is 4. The van der Waals surface area contributed by atoms with E-state index in [4.69, 9.17) is 4.74 Å². The second-order valence-corrected chi connectivity index (χ2v) is 8.67. The zero-order valence-electron chi connectivity index (χ0n) is 19.4. The number of amides is 1. The molecule has 0 aliphatic heterocycles. The first-order chi connectivity index (χ1) is 16.4. The highest BCUT2D eigenvalue weighted by Crippen LogP contribution is 2.40. The molecular formula is C25H26F4N2O4. The molecule has 2 aromatic rings. The minimum Gasteiger partial charge on any atom is -0.478 e. The number of carbonyl (C=O) groups is 2. The van der Waals surface area contributed by atoms with Crippen LogP contribution in [-0.2, 0) is 11.0 Å². The molecule has 1 aliphatic rings. The summed E-state index contributed by atoms with van der Waals surface area (Å²) in [7, 11) is 0. The molecular weight excluding hydrogens is 468 g/mol. The number of anilines is 1. The summed E-state index contributed by atoms with van der Waals surface area (Å²) in [6.07, 6.45) is 1.41. The Morgan fingerprint density at radius 3 is 2.40 bits per heavy atom. The van der Waals surface area contributed by atoms with Gasteiger partial charge < -0.3 is 14.7 Å². The van der Waals surface area contributed by atoms with Crippen molar-refractivity contribution in [1.82, 2.24) is 4.98 Å². The lowest BCUT2D eigenvalue weighted by atomic mass is 9.87. The van der Waals surface area contributed by atoms with E-state index in [0.717, 1.165) is 49.7 Å². The van der Waals surface area contributed by atoms with Crippen LogP contribution in [0.25, 0.3) is 6.08 Å². The average molecular weight is 494 g/mol. The van der Waals surface area contributed by atoms with Crippen LogP contribution in [0.2, 0.25) is 0 Å². The first-order valence-corrected chi connectivity index (χ1v) is 11.2. The topological polar surface area (TPSA) is 79.7 Å². The van der Waals surface area contributed by atoms with Crippen LogP contribution in [0.4, 0.5) is 23.2 Å². The number of carboxylic acids is 1. The van der Waals surface area contributed by atoms with Gasteiger partial charge in [0, 0.05) is 30.3 Å². The molecule has 0 bridgehead atoms. The molecule has 1 aromatic heterocycles. The monoisotopic (exact) mass is 494 g/mol. The summed E-state index contributed by atoms with van der Waals surface area (Å²) in [6, 6.07) is 1.84. The minimum atomic E-state index is -4.87. The van der Waals surface area contributed by atoms with Gasteiger partial charge in [0.15, 0.2) is 11.6 Å². The van der Waals surface area contributed by atoms with Crippen LogP contribution >= 0.6 is 0 Å². The number of rotatable bonds is 7. The number of benzene rings is 1. The lowest BCUT2D eigenvalue weighted by Gasteiger charge is -2.33. The van der Waals surface area contributed by atoms with Gasteiger partial charge in [0.05, 0.1) is 11.3 Å². The van der Waals surface area contributed by atoms with Gasteiger partial charge in [-0.05, 0) is 38.3 Å². The Labute approximate surface area is 200 Å². The van der Waals surface area contributed by atoms with E-state index in [0.29, 0.717) is 12.8 Å². The zero-order valence-corrected chi connectivity index (χ0v) is 19.4. The lowest BCUT2D eigenvalue weighted by molar-refractivity contribution is -0.139. The summed E-state index contributed by atoms with van der Waals surface area (Å²) in [5.41, 5.74) is -1.86. The third-order valence-electron chi connectivity index (χ3n) is 5.87. The predicted octanol–water partition coefficient (Wildman–Crippen LogP) is 6.69. The molecule has 1 amide bonds. The van der Waals surface area contributed by atoms with Crippen molar-refractivity contribution >= 4 is 23.6 Å². The van der Waals surface area contributed by atoms with Crippen LogP contribution in [0, 0.1) is 11.7 Å². The second-order valence-electron chi connectivity index (χ2n) is 8.67. The smallest absolute Gasteiger partial charge is 0.421 e. The Hall–Kier alpha value is -3.43. The van der Waals surface area contributed by atoms with E-state index in [2.05, 4.69) is 11.6 Å². The van der Waals surface area contributed by atoms with Crippen LogP contribution in [0.3, 0.4) is 0 Å². The maximum absolute atomic E-state index is 15.1. The van der Waals surface area contributed by atoms with Crippen molar-refractivity contribution in [2.24, 2.45) is 5.92 Å². The fourth-order valence-electron chi connectivity index (χ4n) is 4.16. The highest BCUT2D eigenvalue weighted by Gasteiger charge is 2.37. The van der Waals surface area contributed by atoms with Crippen molar-refractivity contribution in [2.75, 3.05) is 4.90 Å². The molecule has 0 atom stereocenters. The molecule has 1 heterocycles. The molecule has 0 radical (unpaired) electrons. The van der Waals surface area contributed by atoms with Gasteiger partial charge in [0.2, 0.25) is 11.8 Å². The molecule has 6 nitrogen and oxygen atoms in total. The number of aromatic carboxylic acids is 1. The lowest BCUT2D eigenvalue weighted by Crippen LogP contribution is -2.42. The van der Waals surface area contributed by atoms with Crippen LogP contribution < -0.4 is 9.64 Å². The second kappa shape index (κ2) is 10.5. The first-order valence-electron chi connectivity index (χ1n) is 11.2. The SMILES string of the molecule is C=Cc1cnc(Oc2cc(C(=O)O)c(N(C(=O)C3CCCCC3)C(C)C)cc2F)c(C(F)(F)F)c1. The van der Waals surface area contributed by atoms with E-state index in [1.807, 2.05) is 0 Å². The summed E-state index contributed by atoms with van der Waals surface area (Å²) in [6.45, 7) is 6.75. The maximum atomic E-state index is 15.1. The van der Waals surface area contributed by atoms with Gasteiger partial charge in [0.1, 0.15) is 5.56 Å². The summed E-state index contributed by atoms with van der Waals surface area (Å²) in [4.78, 5) is 30.2. The molecule has 1 saturated carbocycles. The Morgan fingerprint density at radius 1 is 1.20 bits per heavy atom. The van der Waals surface area contributed by atoms with Crippen molar-refractivity contribution in [3.05, 3.63) is 53.5 Å². The van der Waals surface area contributed by atoms with Crippen molar-refractivity contribution < 1.29 is 37.0 Å². The number of aromatic nitrogens is 1. The highest BCUT2D eigenvalue weighted by molar-refractivity contribution is 6.03.